The van der Waals surface area contributed by atoms with E-state index in [2.05, 4.69) is 54.0 Å². The molecule has 20 heavy (non-hydrogen) atoms. The molecule has 0 bridgehead atoms. The number of nitrogens with two attached hydrogens (primary N) is 1. The molecule has 1 aliphatic heterocycles. The first-order valence-electron chi connectivity index (χ1n) is 7.92. The van der Waals surface area contributed by atoms with Crippen LogP contribution in [0, 0.1) is 0 Å². The van der Waals surface area contributed by atoms with Gasteiger partial charge in [-0.05, 0) is 38.8 Å². The highest BCUT2D eigenvalue weighted by atomic mass is 15.3. The van der Waals surface area contributed by atoms with Crippen molar-refractivity contribution in [3.8, 4) is 0 Å². The molecule has 0 aliphatic carbocycles. The summed E-state index contributed by atoms with van der Waals surface area (Å²) in [6, 6.07) is 12.1. The average Bonchev–Trinajstić information content (AvgIpc) is 2.94. The summed E-state index contributed by atoms with van der Waals surface area (Å²) in [6.45, 7) is 9.98. The molecule has 1 aliphatic rings. The van der Waals surface area contributed by atoms with E-state index in [1.807, 2.05) is 0 Å². The van der Waals surface area contributed by atoms with Gasteiger partial charge in [0.05, 0.1) is 0 Å². The second-order valence-corrected chi connectivity index (χ2v) is 6.13. The van der Waals surface area contributed by atoms with Crippen LogP contribution in [0.1, 0.15) is 32.3 Å². The zero-order chi connectivity index (χ0) is 14.4. The maximum Gasteiger partial charge on any atom is 0.0239 e. The fraction of sp³-hybridized carbons (Fsp3) is 0.647. The minimum atomic E-state index is 0.660. The van der Waals surface area contributed by atoms with Crippen LogP contribution in [0.2, 0.25) is 0 Å². The first kappa shape index (κ1) is 15.5. The Balaban J connectivity index is 1.97. The van der Waals surface area contributed by atoms with Crippen LogP contribution >= 0.6 is 0 Å². The van der Waals surface area contributed by atoms with Crippen LogP contribution in [0.15, 0.2) is 30.3 Å². The van der Waals surface area contributed by atoms with E-state index in [-0.39, 0.29) is 0 Å². The van der Waals surface area contributed by atoms with Crippen LogP contribution < -0.4 is 5.73 Å². The van der Waals surface area contributed by atoms with Crippen molar-refractivity contribution in [2.24, 2.45) is 5.73 Å². The van der Waals surface area contributed by atoms with Crippen molar-refractivity contribution in [3.63, 3.8) is 0 Å². The smallest absolute Gasteiger partial charge is 0.0239 e. The van der Waals surface area contributed by atoms with Crippen molar-refractivity contribution in [1.29, 1.82) is 0 Å². The summed E-state index contributed by atoms with van der Waals surface area (Å²) in [5.74, 6) is 0. The Morgan fingerprint density at radius 3 is 2.65 bits per heavy atom. The fourth-order valence-corrected chi connectivity index (χ4v) is 3.04. The second-order valence-electron chi connectivity index (χ2n) is 6.13. The van der Waals surface area contributed by atoms with Gasteiger partial charge in [0.15, 0.2) is 0 Å². The van der Waals surface area contributed by atoms with Crippen molar-refractivity contribution < 1.29 is 0 Å². The molecular weight excluding hydrogens is 246 g/mol. The Bertz CT molecular complexity index is 377. The summed E-state index contributed by atoms with van der Waals surface area (Å²) < 4.78 is 0. The van der Waals surface area contributed by atoms with Gasteiger partial charge in [0.25, 0.3) is 0 Å². The van der Waals surface area contributed by atoms with Gasteiger partial charge in [-0.15, -0.1) is 0 Å². The lowest BCUT2D eigenvalue weighted by Crippen LogP contribution is -2.39. The van der Waals surface area contributed by atoms with Gasteiger partial charge in [-0.25, -0.2) is 0 Å². The van der Waals surface area contributed by atoms with Crippen LogP contribution in [-0.2, 0) is 6.54 Å². The van der Waals surface area contributed by atoms with E-state index in [1.54, 1.807) is 0 Å². The highest BCUT2D eigenvalue weighted by Gasteiger charge is 2.28. The molecule has 2 N–H and O–H groups in total. The number of hydrogen-bond acceptors (Lipinski definition) is 3. The molecule has 0 spiro atoms. The standard InChI is InChI=1S/C17H29N3/c1-15(2)19-12-9-17(14-19)20(11-6-10-18)13-16-7-4-3-5-8-16/h3-5,7-8,15,17H,6,9-14,18H2,1-2H3. The minimum Gasteiger partial charge on any atom is -0.330 e. The quantitative estimate of drug-likeness (QED) is 0.829. The van der Waals surface area contributed by atoms with E-state index in [0.717, 1.165) is 26.1 Å². The van der Waals surface area contributed by atoms with E-state index in [9.17, 15) is 0 Å². The third-order valence-corrected chi connectivity index (χ3v) is 4.32. The van der Waals surface area contributed by atoms with Crippen molar-refractivity contribution in [1.82, 2.24) is 9.80 Å². The van der Waals surface area contributed by atoms with E-state index in [1.165, 1.54) is 25.1 Å². The first-order valence-corrected chi connectivity index (χ1v) is 7.92. The molecule has 1 saturated heterocycles. The van der Waals surface area contributed by atoms with Crippen LogP contribution in [0.25, 0.3) is 0 Å². The molecule has 3 heteroatoms. The zero-order valence-corrected chi connectivity index (χ0v) is 13.0. The Kier molecular flexibility index (Phi) is 6.02. The molecule has 1 unspecified atom stereocenters. The summed E-state index contributed by atoms with van der Waals surface area (Å²) in [6.07, 6.45) is 2.38. The molecule has 1 aromatic carbocycles. The average molecular weight is 275 g/mol. The van der Waals surface area contributed by atoms with Gasteiger partial charge >= 0.3 is 0 Å². The Labute approximate surface area is 123 Å². The summed E-state index contributed by atoms with van der Waals surface area (Å²) in [4.78, 5) is 5.22. The lowest BCUT2D eigenvalue weighted by molar-refractivity contribution is 0.174. The molecule has 112 valence electrons. The normalized spacial score (nSPS) is 20.1. The molecule has 0 amide bonds. The largest absolute Gasteiger partial charge is 0.330 e. The predicted molar refractivity (Wildman–Crippen MR) is 85.6 cm³/mol. The van der Waals surface area contributed by atoms with Crippen LogP contribution in [0.4, 0.5) is 0 Å². The van der Waals surface area contributed by atoms with Gasteiger partial charge in [0, 0.05) is 38.3 Å². The number of nitrogens with zero attached hydrogens (tertiary/aromatic N) is 2. The number of rotatable bonds is 7. The molecule has 1 fully saturated rings. The van der Waals surface area contributed by atoms with Gasteiger partial charge < -0.3 is 5.73 Å². The Morgan fingerprint density at radius 1 is 1.30 bits per heavy atom. The maximum atomic E-state index is 5.71. The third-order valence-electron chi connectivity index (χ3n) is 4.32. The molecule has 0 aromatic heterocycles. The predicted octanol–water partition coefficient (Wildman–Crippen LogP) is 2.32. The summed E-state index contributed by atoms with van der Waals surface area (Å²) in [5.41, 5.74) is 7.12. The maximum absolute atomic E-state index is 5.71. The first-order chi connectivity index (χ1) is 9.70. The lowest BCUT2D eigenvalue weighted by Gasteiger charge is -2.30. The monoisotopic (exact) mass is 275 g/mol. The fourth-order valence-electron chi connectivity index (χ4n) is 3.04. The van der Waals surface area contributed by atoms with Gasteiger partial charge in [-0.2, -0.15) is 0 Å². The van der Waals surface area contributed by atoms with E-state index < -0.39 is 0 Å². The molecular formula is C17H29N3. The van der Waals surface area contributed by atoms with Gasteiger partial charge in [-0.1, -0.05) is 30.3 Å². The SMILES string of the molecule is CC(C)N1CCC(N(CCCN)Cc2ccccc2)C1. The van der Waals surface area contributed by atoms with Gasteiger partial charge in [0.2, 0.25) is 0 Å². The molecule has 1 aromatic rings. The van der Waals surface area contributed by atoms with Gasteiger partial charge in [0.1, 0.15) is 0 Å². The highest BCUT2D eigenvalue weighted by Crippen LogP contribution is 2.20. The summed E-state index contributed by atoms with van der Waals surface area (Å²) >= 11 is 0. The minimum absolute atomic E-state index is 0.660. The second kappa shape index (κ2) is 7.77. The molecule has 1 heterocycles. The Morgan fingerprint density at radius 2 is 2.05 bits per heavy atom. The van der Waals surface area contributed by atoms with Crippen molar-refractivity contribution in [2.45, 2.75) is 45.3 Å². The molecule has 3 nitrogen and oxygen atoms in total. The zero-order valence-electron chi connectivity index (χ0n) is 13.0. The topological polar surface area (TPSA) is 32.5 Å². The van der Waals surface area contributed by atoms with Crippen LogP contribution in [0.3, 0.4) is 0 Å². The highest BCUT2D eigenvalue weighted by molar-refractivity contribution is 5.14. The van der Waals surface area contributed by atoms with E-state index >= 15 is 0 Å². The molecule has 0 radical (unpaired) electrons. The number of likely N-dealkylation sites (tertiary alicyclic amines) is 1. The summed E-state index contributed by atoms with van der Waals surface area (Å²) in [7, 11) is 0. The molecule has 1 atom stereocenters. The lowest BCUT2D eigenvalue weighted by atomic mass is 10.1. The Hall–Kier alpha value is -0.900. The van der Waals surface area contributed by atoms with Gasteiger partial charge in [-0.3, -0.25) is 9.80 Å². The van der Waals surface area contributed by atoms with Crippen molar-refractivity contribution >= 4 is 0 Å². The van der Waals surface area contributed by atoms with E-state index in [0.29, 0.717) is 12.1 Å². The molecule has 0 saturated carbocycles. The van der Waals surface area contributed by atoms with E-state index in [4.69, 9.17) is 5.73 Å². The number of hydrogen-bond donors (Lipinski definition) is 1. The van der Waals surface area contributed by atoms with Crippen LogP contribution in [-0.4, -0.2) is 48.1 Å². The van der Waals surface area contributed by atoms with Crippen LogP contribution in [0.5, 0.6) is 0 Å². The summed E-state index contributed by atoms with van der Waals surface area (Å²) in [5, 5.41) is 0. The van der Waals surface area contributed by atoms with Crippen molar-refractivity contribution in [3.05, 3.63) is 35.9 Å². The third kappa shape index (κ3) is 4.30. The van der Waals surface area contributed by atoms with Crippen molar-refractivity contribution in [2.75, 3.05) is 26.2 Å². The number of benzene rings is 1. The molecule has 2 rings (SSSR count).